The average Bonchev–Trinajstić information content (AvgIpc) is 2.39. The van der Waals surface area contributed by atoms with Crippen molar-refractivity contribution in [2.45, 2.75) is 32.1 Å². The van der Waals surface area contributed by atoms with E-state index in [-0.39, 0.29) is 12.6 Å². The largest absolute Gasteiger partial charge is 0.396 e. The summed E-state index contributed by atoms with van der Waals surface area (Å²) in [5.74, 6) is 0.294. The van der Waals surface area contributed by atoms with Gasteiger partial charge in [-0.3, -0.25) is 0 Å². The molecule has 4 nitrogen and oxygen atoms in total. The standard InChI is InChI=1S/C12H22N2O2/c15-10-11-5-4-8-14(9-11)12(16)13-6-2-1-3-7-13/h11,15H,1-10H2. The summed E-state index contributed by atoms with van der Waals surface area (Å²) in [6.45, 7) is 3.65. The van der Waals surface area contributed by atoms with E-state index in [1.807, 2.05) is 9.80 Å². The summed E-state index contributed by atoms with van der Waals surface area (Å²) in [5.41, 5.74) is 0. The molecule has 2 amide bonds. The van der Waals surface area contributed by atoms with Crippen LogP contribution in [-0.2, 0) is 0 Å². The van der Waals surface area contributed by atoms with Gasteiger partial charge in [-0.1, -0.05) is 0 Å². The molecule has 0 aromatic rings. The summed E-state index contributed by atoms with van der Waals surface area (Å²) < 4.78 is 0. The van der Waals surface area contributed by atoms with E-state index in [0.29, 0.717) is 5.92 Å². The van der Waals surface area contributed by atoms with Crippen LogP contribution in [0.2, 0.25) is 0 Å². The van der Waals surface area contributed by atoms with E-state index in [0.717, 1.165) is 51.9 Å². The molecule has 1 unspecified atom stereocenters. The number of carbonyl (C=O) groups is 1. The zero-order chi connectivity index (χ0) is 11.4. The highest BCUT2D eigenvalue weighted by atomic mass is 16.3. The van der Waals surface area contributed by atoms with E-state index < -0.39 is 0 Å². The fourth-order valence-electron chi connectivity index (χ4n) is 2.67. The molecular weight excluding hydrogens is 204 g/mol. The van der Waals surface area contributed by atoms with Crippen molar-refractivity contribution in [3.8, 4) is 0 Å². The SMILES string of the molecule is O=C(N1CCCCC1)N1CCCC(CO)C1. The number of urea groups is 1. The molecule has 0 saturated carbocycles. The van der Waals surface area contributed by atoms with E-state index in [2.05, 4.69) is 0 Å². The van der Waals surface area contributed by atoms with Gasteiger partial charge < -0.3 is 14.9 Å². The van der Waals surface area contributed by atoms with E-state index in [1.54, 1.807) is 0 Å². The van der Waals surface area contributed by atoms with E-state index in [4.69, 9.17) is 5.11 Å². The Morgan fingerprint density at radius 1 is 1.06 bits per heavy atom. The predicted molar refractivity (Wildman–Crippen MR) is 62.2 cm³/mol. The van der Waals surface area contributed by atoms with Crippen LogP contribution in [0, 0.1) is 5.92 Å². The van der Waals surface area contributed by atoms with Crippen LogP contribution < -0.4 is 0 Å². The minimum atomic E-state index is 0.192. The van der Waals surface area contributed by atoms with Crippen molar-refractivity contribution in [3.63, 3.8) is 0 Å². The number of piperidine rings is 2. The van der Waals surface area contributed by atoms with E-state index >= 15 is 0 Å². The molecular formula is C12H22N2O2. The molecule has 2 saturated heterocycles. The quantitative estimate of drug-likeness (QED) is 0.732. The van der Waals surface area contributed by atoms with Crippen LogP contribution in [0.5, 0.6) is 0 Å². The van der Waals surface area contributed by atoms with E-state index in [1.165, 1.54) is 6.42 Å². The average molecular weight is 226 g/mol. The maximum absolute atomic E-state index is 12.2. The first kappa shape index (κ1) is 11.7. The van der Waals surface area contributed by atoms with Gasteiger partial charge in [-0.05, 0) is 38.0 Å². The van der Waals surface area contributed by atoms with Crippen LogP contribution in [0.1, 0.15) is 32.1 Å². The van der Waals surface area contributed by atoms with Gasteiger partial charge in [-0.2, -0.15) is 0 Å². The van der Waals surface area contributed by atoms with Gasteiger partial charge in [0, 0.05) is 32.8 Å². The van der Waals surface area contributed by atoms with Crippen LogP contribution in [0.25, 0.3) is 0 Å². The molecule has 0 radical (unpaired) electrons. The first-order chi connectivity index (χ1) is 7.81. The molecule has 16 heavy (non-hydrogen) atoms. The maximum Gasteiger partial charge on any atom is 0.320 e. The Morgan fingerprint density at radius 2 is 1.75 bits per heavy atom. The number of hydrogen-bond donors (Lipinski definition) is 1. The number of rotatable bonds is 1. The Bertz CT molecular complexity index is 239. The van der Waals surface area contributed by atoms with Crippen molar-refractivity contribution < 1.29 is 9.90 Å². The zero-order valence-electron chi connectivity index (χ0n) is 9.90. The van der Waals surface area contributed by atoms with Crippen molar-refractivity contribution in [2.24, 2.45) is 5.92 Å². The second-order valence-corrected chi connectivity index (χ2v) is 4.97. The van der Waals surface area contributed by atoms with Crippen LogP contribution in [-0.4, -0.2) is 53.7 Å². The Hall–Kier alpha value is -0.770. The molecule has 1 N–H and O–H groups in total. The molecule has 0 bridgehead atoms. The van der Waals surface area contributed by atoms with Gasteiger partial charge in [0.2, 0.25) is 0 Å². The minimum absolute atomic E-state index is 0.192. The highest BCUT2D eigenvalue weighted by molar-refractivity contribution is 5.74. The number of amides is 2. The Labute approximate surface area is 97.2 Å². The molecule has 0 aliphatic carbocycles. The Kier molecular flexibility index (Phi) is 4.04. The molecule has 4 heteroatoms. The van der Waals surface area contributed by atoms with Crippen LogP contribution in [0.3, 0.4) is 0 Å². The van der Waals surface area contributed by atoms with Gasteiger partial charge in [0.05, 0.1) is 0 Å². The molecule has 2 heterocycles. The lowest BCUT2D eigenvalue weighted by molar-refractivity contribution is 0.102. The molecule has 0 aromatic heterocycles. The van der Waals surface area contributed by atoms with Crippen molar-refractivity contribution in [2.75, 3.05) is 32.8 Å². The first-order valence-electron chi connectivity index (χ1n) is 6.46. The molecule has 2 aliphatic heterocycles. The molecule has 0 aromatic carbocycles. The monoisotopic (exact) mass is 226 g/mol. The molecule has 2 aliphatic rings. The predicted octanol–water partition coefficient (Wildman–Crippen LogP) is 1.30. The zero-order valence-corrected chi connectivity index (χ0v) is 9.90. The molecule has 2 rings (SSSR count). The molecule has 92 valence electrons. The van der Waals surface area contributed by atoms with Gasteiger partial charge >= 0.3 is 6.03 Å². The van der Waals surface area contributed by atoms with Gasteiger partial charge in [0.1, 0.15) is 0 Å². The lowest BCUT2D eigenvalue weighted by Crippen LogP contribution is -2.49. The summed E-state index contributed by atoms with van der Waals surface area (Å²) in [4.78, 5) is 16.1. The smallest absolute Gasteiger partial charge is 0.320 e. The normalized spacial score (nSPS) is 26.9. The summed E-state index contributed by atoms with van der Waals surface area (Å²) in [6.07, 6.45) is 5.63. The fraction of sp³-hybridized carbons (Fsp3) is 0.917. The number of likely N-dealkylation sites (tertiary alicyclic amines) is 2. The highest BCUT2D eigenvalue weighted by Gasteiger charge is 2.27. The third-order valence-corrected chi connectivity index (χ3v) is 3.67. The fourth-order valence-corrected chi connectivity index (χ4v) is 2.67. The summed E-state index contributed by atoms with van der Waals surface area (Å²) in [6, 6.07) is 0.192. The van der Waals surface area contributed by atoms with Crippen LogP contribution in [0.15, 0.2) is 0 Å². The van der Waals surface area contributed by atoms with Crippen molar-refractivity contribution in [3.05, 3.63) is 0 Å². The van der Waals surface area contributed by atoms with Crippen molar-refractivity contribution in [1.29, 1.82) is 0 Å². The lowest BCUT2D eigenvalue weighted by Gasteiger charge is -2.37. The maximum atomic E-state index is 12.2. The van der Waals surface area contributed by atoms with Gasteiger partial charge in [0.15, 0.2) is 0 Å². The number of carbonyl (C=O) groups excluding carboxylic acids is 1. The second-order valence-electron chi connectivity index (χ2n) is 4.97. The Morgan fingerprint density at radius 3 is 2.44 bits per heavy atom. The number of aliphatic hydroxyl groups excluding tert-OH is 1. The summed E-state index contributed by atoms with van der Waals surface area (Å²) in [7, 11) is 0. The van der Waals surface area contributed by atoms with Gasteiger partial charge in [0.25, 0.3) is 0 Å². The number of nitrogens with zero attached hydrogens (tertiary/aromatic N) is 2. The minimum Gasteiger partial charge on any atom is -0.396 e. The lowest BCUT2D eigenvalue weighted by atomic mass is 9.99. The van der Waals surface area contributed by atoms with Gasteiger partial charge in [-0.25, -0.2) is 4.79 Å². The number of hydrogen-bond acceptors (Lipinski definition) is 2. The Balaban J connectivity index is 1.87. The second kappa shape index (κ2) is 5.53. The van der Waals surface area contributed by atoms with Crippen LogP contribution in [0.4, 0.5) is 4.79 Å². The first-order valence-corrected chi connectivity index (χ1v) is 6.46. The topological polar surface area (TPSA) is 43.8 Å². The van der Waals surface area contributed by atoms with E-state index in [9.17, 15) is 4.79 Å². The number of aliphatic hydroxyl groups is 1. The molecule has 1 atom stereocenters. The van der Waals surface area contributed by atoms with Crippen LogP contribution >= 0.6 is 0 Å². The van der Waals surface area contributed by atoms with Crippen molar-refractivity contribution in [1.82, 2.24) is 9.80 Å². The summed E-state index contributed by atoms with van der Waals surface area (Å²) >= 11 is 0. The third kappa shape index (κ3) is 2.67. The molecule has 2 fully saturated rings. The molecule has 0 spiro atoms. The third-order valence-electron chi connectivity index (χ3n) is 3.67. The van der Waals surface area contributed by atoms with Gasteiger partial charge in [-0.15, -0.1) is 0 Å². The summed E-state index contributed by atoms with van der Waals surface area (Å²) in [5, 5.41) is 9.15. The van der Waals surface area contributed by atoms with Crippen molar-refractivity contribution >= 4 is 6.03 Å². The highest BCUT2D eigenvalue weighted by Crippen LogP contribution is 2.19.